The molecule has 0 saturated heterocycles. The predicted octanol–water partition coefficient (Wildman–Crippen LogP) is 1.39. The highest BCUT2D eigenvalue weighted by atomic mass is 16.1. The van der Waals surface area contributed by atoms with E-state index >= 15 is 0 Å². The van der Waals surface area contributed by atoms with Crippen LogP contribution in [-0.4, -0.2) is 9.55 Å². The van der Waals surface area contributed by atoms with Crippen LogP contribution in [0.15, 0.2) is 29.3 Å². The Morgan fingerprint density at radius 2 is 2.27 bits per heavy atom. The van der Waals surface area contributed by atoms with E-state index in [-0.39, 0.29) is 5.56 Å². The third-order valence-corrected chi connectivity index (χ3v) is 2.35. The molecule has 0 aliphatic rings. The van der Waals surface area contributed by atoms with Crippen LogP contribution in [0.1, 0.15) is 13.3 Å². The molecule has 0 aliphatic heterocycles. The number of fused-ring (bicyclic) bond motifs is 1. The van der Waals surface area contributed by atoms with Crippen molar-refractivity contribution in [2.45, 2.75) is 19.9 Å². The first kappa shape index (κ1) is 9.71. The Morgan fingerprint density at radius 1 is 1.47 bits per heavy atom. The van der Waals surface area contributed by atoms with Crippen LogP contribution in [0.2, 0.25) is 0 Å². The van der Waals surface area contributed by atoms with E-state index in [0.29, 0.717) is 23.1 Å². The monoisotopic (exact) mass is 203 g/mol. The molecule has 0 spiro atoms. The first-order valence-corrected chi connectivity index (χ1v) is 4.97. The van der Waals surface area contributed by atoms with Gasteiger partial charge >= 0.3 is 0 Å². The van der Waals surface area contributed by atoms with Crippen LogP contribution in [0.5, 0.6) is 0 Å². The Hall–Kier alpha value is -1.84. The van der Waals surface area contributed by atoms with E-state index in [0.717, 1.165) is 6.42 Å². The topological polar surface area (TPSA) is 60.9 Å². The zero-order valence-electron chi connectivity index (χ0n) is 8.60. The van der Waals surface area contributed by atoms with Crippen molar-refractivity contribution in [2.75, 3.05) is 5.73 Å². The quantitative estimate of drug-likeness (QED) is 0.750. The lowest BCUT2D eigenvalue weighted by Crippen LogP contribution is -2.20. The van der Waals surface area contributed by atoms with E-state index in [1.807, 2.05) is 6.92 Å². The number of aromatic nitrogens is 2. The molecule has 4 heteroatoms. The highest BCUT2D eigenvalue weighted by Gasteiger charge is 2.04. The summed E-state index contributed by atoms with van der Waals surface area (Å²) in [5.41, 5.74) is 6.86. The molecule has 78 valence electrons. The van der Waals surface area contributed by atoms with E-state index in [1.165, 1.54) is 0 Å². The van der Waals surface area contributed by atoms with Crippen LogP contribution < -0.4 is 11.3 Å². The number of benzene rings is 1. The Morgan fingerprint density at radius 3 is 3.00 bits per heavy atom. The van der Waals surface area contributed by atoms with Gasteiger partial charge in [-0.1, -0.05) is 13.0 Å². The maximum atomic E-state index is 11.9. The van der Waals surface area contributed by atoms with Gasteiger partial charge in [0.05, 0.1) is 17.4 Å². The lowest BCUT2D eigenvalue weighted by atomic mass is 10.2. The molecule has 4 nitrogen and oxygen atoms in total. The van der Waals surface area contributed by atoms with Crippen LogP contribution in [0.25, 0.3) is 10.9 Å². The molecule has 2 aromatic rings. The van der Waals surface area contributed by atoms with Gasteiger partial charge in [-0.2, -0.15) is 0 Å². The lowest BCUT2D eigenvalue weighted by molar-refractivity contribution is 0.648. The molecular formula is C11H13N3O. The summed E-state index contributed by atoms with van der Waals surface area (Å²) < 4.78 is 1.61. The number of aryl methyl sites for hydroxylation is 1. The molecule has 15 heavy (non-hydrogen) atoms. The molecule has 2 rings (SSSR count). The number of nitrogens with zero attached hydrogens (tertiary/aromatic N) is 2. The van der Waals surface area contributed by atoms with Gasteiger partial charge < -0.3 is 5.73 Å². The number of hydrogen-bond donors (Lipinski definition) is 1. The minimum absolute atomic E-state index is 0.0193. The zero-order chi connectivity index (χ0) is 10.8. The first-order valence-electron chi connectivity index (χ1n) is 4.97. The summed E-state index contributed by atoms with van der Waals surface area (Å²) in [6.07, 6.45) is 2.47. The second-order valence-electron chi connectivity index (χ2n) is 3.49. The van der Waals surface area contributed by atoms with Crippen molar-refractivity contribution in [3.05, 3.63) is 34.9 Å². The summed E-state index contributed by atoms with van der Waals surface area (Å²) >= 11 is 0. The number of rotatable bonds is 2. The Kier molecular flexibility index (Phi) is 2.41. The van der Waals surface area contributed by atoms with E-state index in [1.54, 1.807) is 29.1 Å². The van der Waals surface area contributed by atoms with Crippen molar-refractivity contribution in [1.82, 2.24) is 9.55 Å². The van der Waals surface area contributed by atoms with Gasteiger partial charge in [-0.05, 0) is 18.6 Å². The van der Waals surface area contributed by atoms with Crippen molar-refractivity contribution in [3.63, 3.8) is 0 Å². The van der Waals surface area contributed by atoms with Crippen LogP contribution in [0.4, 0.5) is 5.69 Å². The highest BCUT2D eigenvalue weighted by molar-refractivity contribution is 5.88. The van der Waals surface area contributed by atoms with Gasteiger partial charge in [0.1, 0.15) is 5.52 Å². The number of nitrogen functional groups attached to an aromatic ring is 1. The second kappa shape index (κ2) is 3.73. The van der Waals surface area contributed by atoms with Crippen molar-refractivity contribution < 1.29 is 0 Å². The van der Waals surface area contributed by atoms with Gasteiger partial charge in [0.15, 0.2) is 0 Å². The molecule has 0 amide bonds. The van der Waals surface area contributed by atoms with Crippen LogP contribution in [-0.2, 0) is 6.54 Å². The van der Waals surface area contributed by atoms with Crippen molar-refractivity contribution in [1.29, 1.82) is 0 Å². The van der Waals surface area contributed by atoms with Crippen LogP contribution >= 0.6 is 0 Å². The fraction of sp³-hybridized carbons (Fsp3) is 0.273. The highest BCUT2D eigenvalue weighted by Crippen LogP contribution is 2.13. The minimum Gasteiger partial charge on any atom is -0.397 e. The van der Waals surface area contributed by atoms with Crippen molar-refractivity contribution in [3.8, 4) is 0 Å². The average Bonchev–Trinajstić information content (AvgIpc) is 2.23. The van der Waals surface area contributed by atoms with Crippen LogP contribution in [0.3, 0.4) is 0 Å². The molecular weight excluding hydrogens is 190 g/mol. The Bertz CT molecular complexity index is 545. The summed E-state index contributed by atoms with van der Waals surface area (Å²) in [7, 11) is 0. The number of para-hydroxylation sites is 1. The lowest BCUT2D eigenvalue weighted by Gasteiger charge is -2.05. The molecule has 0 radical (unpaired) electrons. The molecule has 1 heterocycles. The summed E-state index contributed by atoms with van der Waals surface area (Å²) in [6, 6.07) is 5.28. The Balaban J connectivity index is 2.75. The maximum Gasteiger partial charge on any atom is 0.261 e. The molecule has 0 atom stereocenters. The van der Waals surface area contributed by atoms with Gasteiger partial charge in [0.25, 0.3) is 5.56 Å². The third-order valence-electron chi connectivity index (χ3n) is 2.35. The molecule has 0 saturated carbocycles. The normalized spacial score (nSPS) is 10.7. The molecule has 0 bridgehead atoms. The van der Waals surface area contributed by atoms with E-state index in [2.05, 4.69) is 4.98 Å². The van der Waals surface area contributed by atoms with E-state index in [9.17, 15) is 4.79 Å². The van der Waals surface area contributed by atoms with Gasteiger partial charge in [-0.25, -0.2) is 4.98 Å². The largest absolute Gasteiger partial charge is 0.397 e. The van der Waals surface area contributed by atoms with Gasteiger partial charge in [-0.15, -0.1) is 0 Å². The van der Waals surface area contributed by atoms with Crippen molar-refractivity contribution >= 4 is 16.6 Å². The zero-order valence-corrected chi connectivity index (χ0v) is 8.60. The molecule has 1 aromatic heterocycles. The maximum absolute atomic E-state index is 11.9. The fourth-order valence-electron chi connectivity index (χ4n) is 1.61. The summed E-state index contributed by atoms with van der Waals surface area (Å²) in [4.78, 5) is 16.1. The molecule has 0 unspecified atom stereocenters. The van der Waals surface area contributed by atoms with Gasteiger partial charge in [0, 0.05) is 6.54 Å². The Labute approximate surface area is 87.4 Å². The fourth-order valence-corrected chi connectivity index (χ4v) is 1.61. The van der Waals surface area contributed by atoms with Gasteiger partial charge in [0.2, 0.25) is 0 Å². The van der Waals surface area contributed by atoms with E-state index in [4.69, 9.17) is 5.73 Å². The molecule has 0 aliphatic carbocycles. The summed E-state index contributed by atoms with van der Waals surface area (Å²) in [6.45, 7) is 2.71. The number of anilines is 1. The average molecular weight is 203 g/mol. The molecule has 0 fully saturated rings. The minimum atomic E-state index is -0.0193. The number of hydrogen-bond acceptors (Lipinski definition) is 3. The van der Waals surface area contributed by atoms with Crippen LogP contribution in [0, 0.1) is 0 Å². The SMILES string of the molecule is CCCn1cnc2c(N)cccc2c1=O. The number of nitrogens with two attached hydrogens (primary N) is 1. The van der Waals surface area contributed by atoms with Gasteiger partial charge in [-0.3, -0.25) is 9.36 Å². The summed E-state index contributed by atoms with van der Waals surface area (Å²) in [5, 5.41) is 0.589. The first-order chi connectivity index (χ1) is 7.24. The van der Waals surface area contributed by atoms with E-state index < -0.39 is 0 Å². The smallest absolute Gasteiger partial charge is 0.261 e. The molecule has 1 aromatic carbocycles. The molecule has 2 N–H and O–H groups in total. The summed E-state index contributed by atoms with van der Waals surface area (Å²) in [5.74, 6) is 0. The predicted molar refractivity (Wildman–Crippen MR) is 60.7 cm³/mol. The standard InChI is InChI=1S/C11H13N3O/c1-2-6-14-7-13-10-8(11(14)15)4-3-5-9(10)12/h3-5,7H,2,6,12H2,1H3. The van der Waals surface area contributed by atoms with Crippen molar-refractivity contribution in [2.24, 2.45) is 0 Å². The second-order valence-corrected chi connectivity index (χ2v) is 3.49. The third kappa shape index (κ3) is 1.58.